The maximum atomic E-state index is 12.4. The van der Waals surface area contributed by atoms with Crippen molar-refractivity contribution in [2.45, 2.75) is 33.1 Å². The molecule has 1 fully saturated rings. The zero-order valence-electron chi connectivity index (χ0n) is 13.3. The highest BCUT2D eigenvalue weighted by Crippen LogP contribution is 2.24. The molecule has 0 radical (unpaired) electrons. The van der Waals surface area contributed by atoms with Gasteiger partial charge in [0.1, 0.15) is 0 Å². The lowest BCUT2D eigenvalue weighted by Crippen LogP contribution is -2.39. The number of amides is 1. The number of hydrogen-bond donors (Lipinski definition) is 2. The third-order valence-corrected chi connectivity index (χ3v) is 4.39. The Hall–Kier alpha value is -0.770. The van der Waals surface area contributed by atoms with Crippen LogP contribution in [-0.2, 0) is 11.2 Å². The molecule has 1 amide bonds. The maximum Gasteiger partial charge on any atom is 0.225 e. The minimum atomic E-state index is -0.418. The summed E-state index contributed by atoms with van der Waals surface area (Å²) in [5.74, 6) is 0.828. The fraction of sp³-hybridized carbons (Fsp3) is 0.588. The Morgan fingerprint density at radius 3 is 2.86 bits per heavy atom. The Kier molecular flexibility index (Phi) is 7.67. The predicted octanol–water partition coefficient (Wildman–Crippen LogP) is 3.45. The Labute approximate surface area is 144 Å². The van der Waals surface area contributed by atoms with E-state index in [4.69, 9.17) is 11.6 Å². The first-order valence-electron chi connectivity index (χ1n) is 7.71. The number of halogens is 2. The van der Waals surface area contributed by atoms with Crippen molar-refractivity contribution in [1.29, 1.82) is 0 Å². The molecule has 2 N–H and O–H groups in total. The summed E-state index contributed by atoms with van der Waals surface area (Å²) < 4.78 is 0. The van der Waals surface area contributed by atoms with Crippen molar-refractivity contribution in [2.24, 2.45) is 11.3 Å². The predicted molar refractivity (Wildman–Crippen MR) is 94.8 cm³/mol. The van der Waals surface area contributed by atoms with Gasteiger partial charge in [0, 0.05) is 17.0 Å². The highest BCUT2D eigenvalue weighted by molar-refractivity contribution is 6.30. The SMILES string of the molecule is CC(C)(Cc1cccc(Cl)c1)C(=O)NCCC1CCNC1.Cl. The van der Waals surface area contributed by atoms with Crippen LogP contribution in [0.3, 0.4) is 0 Å². The van der Waals surface area contributed by atoms with Crippen LogP contribution in [0.25, 0.3) is 0 Å². The van der Waals surface area contributed by atoms with Crippen LogP contribution in [0.15, 0.2) is 24.3 Å². The Morgan fingerprint density at radius 2 is 2.23 bits per heavy atom. The van der Waals surface area contributed by atoms with Gasteiger partial charge < -0.3 is 10.6 Å². The van der Waals surface area contributed by atoms with Crippen LogP contribution in [0.5, 0.6) is 0 Å². The molecule has 124 valence electrons. The van der Waals surface area contributed by atoms with Gasteiger partial charge in [-0.05, 0) is 56.0 Å². The highest BCUT2D eigenvalue weighted by Gasteiger charge is 2.28. The Bertz CT molecular complexity index is 485. The third kappa shape index (κ3) is 5.79. The van der Waals surface area contributed by atoms with Gasteiger partial charge in [0.15, 0.2) is 0 Å². The normalized spacial score (nSPS) is 17.9. The van der Waals surface area contributed by atoms with Crippen molar-refractivity contribution in [3.05, 3.63) is 34.9 Å². The van der Waals surface area contributed by atoms with Gasteiger partial charge in [-0.2, -0.15) is 0 Å². The first kappa shape index (κ1) is 19.3. The first-order valence-corrected chi connectivity index (χ1v) is 8.08. The molecule has 0 bridgehead atoms. The van der Waals surface area contributed by atoms with Gasteiger partial charge in [0.2, 0.25) is 5.91 Å². The maximum absolute atomic E-state index is 12.4. The summed E-state index contributed by atoms with van der Waals surface area (Å²) in [5.41, 5.74) is 0.682. The van der Waals surface area contributed by atoms with E-state index in [0.717, 1.165) is 36.6 Å². The lowest BCUT2D eigenvalue weighted by Gasteiger charge is -2.24. The second kappa shape index (κ2) is 8.76. The molecule has 1 atom stereocenters. The van der Waals surface area contributed by atoms with Gasteiger partial charge in [-0.1, -0.05) is 37.6 Å². The molecule has 22 heavy (non-hydrogen) atoms. The minimum absolute atomic E-state index is 0. The third-order valence-electron chi connectivity index (χ3n) is 4.15. The summed E-state index contributed by atoms with van der Waals surface area (Å²) in [6.45, 7) is 6.94. The Morgan fingerprint density at radius 1 is 1.45 bits per heavy atom. The van der Waals surface area contributed by atoms with Crippen LogP contribution in [0, 0.1) is 11.3 Å². The number of carbonyl (C=O) groups is 1. The van der Waals surface area contributed by atoms with E-state index in [9.17, 15) is 4.79 Å². The molecule has 5 heteroatoms. The molecule has 0 spiro atoms. The summed E-state index contributed by atoms with van der Waals surface area (Å²) in [5, 5.41) is 7.16. The van der Waals surface area contributed by atoms with Gasteiger partial charge >= 0.3 is 0 Å². The van der Waals surface area contributed by atoms with Gasteiger partial charge in [-0.25, -0.2) is 0 Å². The highest BCUT2D eigenvalue weighted by atomic mass is 35.5. The van der Waals surface area contributed by atoms with Crippen molar-refractivity contribution < 1.29 is 4.79 Å². The Balaban J connectivity index is 0.00000242. The molecule has 1 aliphatic rings. The first-order chi connectivity index (χ1) is 9.97. The molecule has 1 unspecified atom stereocenters. The average Bonchev–Trinajstić information content (AvgIpc) is 2.91. The lowest BCUT2D eigenvalue weighted by atomic mass is 9.84. The summed E-state index contributed by atoms with van der Waals surface area (Å²) in [6.07, 6.45) is 2.98. The van der Waals surface area contributed by atoms with E-state index in [0.29, 0.717) is 12.3 Å². The van der Waals surface area contributed by atoms with Gasteiger partial charge in [-0.15, -0.1) is 12.4 Å². The summed E-state index contributed by atoms with van der Waals surface area (Å²) >= 11 is 6.00. The molecular weight excluding hydrogens is 319 g/mol. The van der Waals surface area contributed by atoms with E-state index in [-0.39, 0.29) is 18.3 Å². The van der Waals surface area contributed by atoms with E-state index < -0.39 is 5.41 Å². The molecule has 2 rings (SSSR count). The quantitative estimate of drug-likeness (QED) is 0.829. The lowest BCUT2D eigenvalue weighted by molar-refractivity contribution is -0.129. The number of nitrogens with one attached hydrogen (secondary N) is 2. The van der Waals surface area contributed by atoms with E-state index >= 15 is 0 Å². The zero-order valence-corrected chi connectivity index (χ0v) is 14.9. The van der Waals surface area contributed by atoms with Crippen molar-refractivity contribution in [1.82, 2.24) is 10.6 Å². The van der Waals surface area contributed by atoms with E-state index in [1.165, 1.54) is 6.42 Å². The van der Waals surface area contributed by atoms with Crippen molar-refractivity contribution >= 4 is 29.9 Å². The largest absolute Gasteiger partial charge is 0.356 e. The number of benzene rings is 1. The molecule has 1 aromatic carbocycles. The smallest absolute Gasteiger partial charge is 0.225 e. The summed E-state index contributed by atoms with van der Waals surface area (Å²) in [4.78, 5) is 12.4. The number of rotatable bonds is 6. The second-order valence-corrected chi connectivity index (χ2v) is 7.03. The topological polar surface area (TPSA) is 41.1 Å². The number of hydrogen-bond acceptors (Lipinski definition) is 2. The molecule has 1 aliphatic heterocycles. The molecule has 3 nitrogen and oxygen atoms in total. The monoisotopic (exact) mass is 344 g/mol. The van der Waals surface area contributed by atoms with Crippen LogP contribution in [0.1, 0.15) is 32.3 Å². The van der Waals surface area contributed by atoms with Crippen LogP contribution < -0.4 is 10.6 Å². The van der Waals surface area contributed by atoms with Crippen LogP contribution in [0.4, 0.5) is 0 Å². The molecule has 1 aromatic rings. The van der Waals surface area contributed by atoms with Crippen LogP contribution in [0.2, 0.25) is 5.02 Å². The minimum Gasteiger partial charge on any atom is -0.356 e. The van der Waals surface area contributed by atoms with Crippen molar-refractivity contribution in [2.75, 3.05) is 19.6 Å². The second-order valence-electron chi connectivity index (χ2n) is 6.59. The van der Waals surface area contributed by atoms with Crippen molar-refractivity contribution in [3.63, 3.8) is 0 Å². The molecule has 1 saturated heterocycles. The average molecular weight is 345 g/mol. The molecule has 1 heterocycles. The van der Waals surface area contributed by atoms with E-state index in [2.05, 4.69) is 10.6 Å². The zero-order chi connectivity index (χ0) is 15.3. The molecule has 0 aromatic heterocycles. The van der Waals surface area contributed by atoms with Gasteiger partial charge in [-0.3, -0.25) is 4.79 Å². The fourth-order valence-electron chi connectivity index (χ4n) is 2.83. The molecule has 0 saturated carbocycles. The van der Waals surface area contributed by atoms with Crippen molar-refractivity contribution in [3.8, 4) is 0 Å². The van der Waals surface area contributed by atoms with E-state index in [1.807, 2.05) is 38.1 Å². The van der Waals surface area contributed by atoms with Gasteiger partial charge in [0.05, 0.1) is 0 Å². The van der Waals surface area contributed by atoms with Crippen LogP contribution >= 0.6 is 24.0 Å². The van der Waals surface area contributed by atoms with E-state index in [1.54, 1.807) is 0 Å². The summed E-state index contributed by atoms with van der Waals surface area (Å²) in [7, 11) is 0. The molecule has 0 aliphatic carbocycles. The number of carbonyl (C=O) groups excluding carboxylic acids is 1. The van der Waals surface area contributed by atoms with Crippen LogP contribution in [-0.4, -0.2) is 25.5 Å². The summed E-state index contributed by atoms with van der Waals surface area (Å²) in [6, 6.07) is 7.73. The fourth-order valence-corrected chi connectivity index (χ4v) is 3.04. The van der Waals surface area contributed by atoms with Gasteiger partial charge in [0.25, 0.3) is 0 Å². The molecular formula is C17H26Cl2N2O. The standard InChI is InChI=1S/C17H25ClN2O.ClH/c1-17(2,11-14-4-3-5-15(18)10-14)16(21)20-9-7-13-6-8-19-12-13;/h3-5,10,13,19H,6-9,11-12H2,1-2H3,(H,20,21);1H.